The summed E-state index contributed by atoms with van der Waals surface area (Å²) in [4.78, 5) is 4.13. The molecule has 1 aromatic carbocycles. The van der Waals surface area contributed by atoms with Crippen LogP contribution >= 0.6 is 0 Å². The summed E-state index contributed by atoms with van der Waals surface area (Å²) >= 11 is 0. The topological polar surface area (TPSA) is 33.1 Å². The van der Waals surface area contributed by atoms with Gasteiger partial charge >= 0.3 is 0 Å². The van der Waals surface area contributed by atoms with Crippen molar-refractivity contribution in [2.24, 2.45) is 0 Å². The van der Waals surface area contributed by atoms with E-state index in [1.165, 1.54) is 16.7 Å². The van der Waals surface area contributed by atoms with Gasteiger partial charge in [0.1, 0.15) is 0 Å². The zero-order chi connectivity index (χ0) is 13.1. The molecule has 0 aliphatic carbocycles. The molecule has 0 aliphatic rings. The Bertz CT molecular complexity index is 528. The Kier molecular flexibility index (Phi) is 3.78. The van der Waals surface area contributed by atoms with Crippen LogP contribution in [0, 0.1) is 20.8 Å². The van der Waals surface area contributed by atoms with E-state index in [4.69, 9.17) is 0 Å². The minimum atomic E-state index is -0.489. The van der Waals surface area contributed by atoms with Crippen molar-refractivity contribution < 1.29 is 5.11 Å². The first-order valence-corrected chi connectivity index (χ1v) is 6.22. The molecule has 1 atom stereocenters. The Balaban J connectivity index is 2.24. The van der Waals surface area contributed by atoms with Crippen LogP contribution in [0.1, 0.15) is 33.9 Å². The van der Waals surface area contributed by atoms with Crippen molar-refractivity contribution in [2.45, 2.75) is 33.3 Å². The normalized spacial score (nSPS) is 12.4. The van der Waals surface area contributed by atoms with E-state index in [-0.39, 0.29) is 0 Å². The van der Waals surface area contributed by atoms with E-state index in [0.717, 1.165) is 11.1 Å². The van der Waals surface area contributed by atoms with Crippen LogP contribution < -0.4 is 0 Å². The van der Waals surface area contributed by atoms with Gasteiger partial charge in [-0.15, -0.1) is 0 Å². The highest BCUT2D eigenvalue weighted by Crippen LogP contribution is 2.22. The van der Waals surface area contributed by atoms with Gasteiger partial charge in [-0.2, -0.15) is 0 Å². The molecule has 1 aromatic heterocycles. The van der Waals surface area contributed by atoms with Crippen LogP contribution in [0.2, 0.25) is 0 Å². The first-order chi connectivity index (χ1) is 8.58. The highest BCUT2D eigenvalue weighted by Gasteiger charge is 2.12. The molecule has 2 rings (SSSR count). The van der Waals surface area contributed by atoms with Crippen molar-refractivity contribution in [1.82, 2.24) is 4.98 Å². The Morgan fingerprint density at radius 3 is 2.39 bits per heavy atom. The first kappa shape index (κ1) is 12.8. The maximum absolute atomic E-state index is 10.3. The van der Waals surface area contributed by atoms with Crippen molar-refractivity contribution in [3.63, 3.8) is 0 Å². The molecule has 1 heterocycles. The second-order valence-electron chi connectivity index (χ2n) is 4.89. The third-order valence-corrected chi connectivity index (χ3v) is 3.32. The second-order valence-corrected chi connectivity index (χ2v) is 4.89. The number of benzene rings is 1. The molecule has 2 aromatic rings. The molecule has 0 saturated heterocycles. The fraction of sp³-hybridized carbons (Fsp3) is 0.312. The van der Waals surface area contributed by atoms with Gasteiger partial charge in [-0.25, -0.2) is 0 Å². The summed E-state index contributed by atoms with van der Waals surface area (Å²) in [7, 11) is 0. The fourth-order valence-electron chi connectivity index (χ4n) is 2.24. The molecule has 0 saturated carbocycles. The number of pyridine rings is 1. The lowest BCUT2D eigenvalue weighted by atomic mass is 9.95. The van der Waals surface area contributed by atoms with Crippen LogP contribution in [0.5, 0.6) is 0 Å². The second kappa shape index (κ2) is 5.32. The molecule has 0 bridgehead atoms. The van der Waals surface area contributed by atoms with E-state index in [9.17, 15) is 5.11 Å². The summed E-state index contributed by atoms with van der Waals surface area (Å²) in [5.74, 6) is 0. The molecule has 0 aliphatic heterocycles. The summed E-state index contributed by atoms with van der Waals surface area (Å²) in [5, 5.41) is 10.3. The van der Waals surface area contributed by atoms with Gasteiger partial charge in [0, 0.05) is 18.8 Å². The fourth-order valence-corrected chi connectivity index (χ4v) is 2.24. The van der Waals surface area contributed by atoms with E-state index in [1.807, 2.05) is 13.0 Å². The van der Waals surface area contributed by atoms with Crippen LogP contribution in [0.3, 0.4) is 0 Å². The summed E-state index contributed by atoms with van der Waals surface area (Å²) in [6.07, 6.45) is 3.70. The molecule has 0 amide bonds. The van der Waals surface area contributed by atoms with Gasteiger partial charge in [-0.05, 0) is 48.6 Å². The van der Waals surface area contributed by atoms with Crippen molar-refractivity contribution in [3.05, 3.63) is 64.5 Å². The standard InChI is InChI=1S/C16H19NO/c1-11-7-14(10-17-9-11)16(18)8-15-12(2)5-4-6-13(15)3/h4-7,9-10,16,18H,8H2,1-3H3. The summed E-state index contributed by atoms with van der Waals surface area (Å²) in [6.45, 7) is 6.16. The van der Waals surface area contributed by atoms with E-state index in [2.05, 4.69) is 37.0 Å². The minimum Gasteiger partial charge on any atom is -0.388 e. The Hall–Kier alpha value is -1.67. The van der Waals surface area contributed by atoms with Crippen molar-refractivity contribution in [2.75, 3.05) is 0 Å². The molecule has 0 fully saturated rings. The zero-order valence-electron chi connectivity index (χ0n) is 11.1. The van der Waals surface area contributed by atoms with E-state index < -0.39 is 6.10 Å². The van der Waals surface area contributed by atoms with Gasteiger partial charge < -0.3 is 5.11 Å². The molecule has 0 spiro atoms. The lowest BCUT2D eigenvalue weighted by Gasteiger charge is -2.15. The predicted molar refractivity (Wildman–Crippen MR) is 73.6 cm³/mol. The number of aliphatic hydroxyl groups excluding tert-OH is 1. The Morgan fingerprint density at radius 2 is 1.78 bits per heavy atom. The van der Waals surface area contributed by atoms with E-state index in [0.29, 0.717) is 6.42 Å². The monoisotopic (exact) mass is 241 g/mol. The molecular weight excluding hydrogens is 222 g/mol. The van der Waals surface area contributed by atoms with Crippen LogP contribution in [0.25, 0.3) is 0 Å². The van der Waals surface area contributed by atoms with Crippen LogP contribution in [-0.2, 0) is 6.42 Å². The molecule has 94 valence electrons. The van der Waals surface area contributed by atoms with Crippen LogP contribution in [0.15, 0.2) is 36.7 Å². The highest BCUT2D eigenvalue weighted by molar-refractivity contribution is 5.35. The van der Waals surface area contributed by atoms with E-state index in [1.54, 1.807) is 12.4 Å². The summed E-state index contributed by atoms with van der Waals surface area (Å²) in [6, 6.07) is 8.22. The molecule has 2 nitrogen and oxygen atoms in total. The quantitative estimate of drug-likeness (QED) is 0.894. The Labute approximate surface area is 108 Å². The van der Waals surface area contributed by atoms with Gasteiger partial charge in [-0.3, -0.25) is 4.98 Å². The van der Waals surface area contributed by atoms with Gasteiger partial charge in [0.25, 0.3) is 0 Å². The van der Waals surface area contributed by atoms with Gasteiger partial charge in [0.15, 0.2) is 0 Å². The number of hydrogen-bond acceptors (Lipinski definition) is 2. The number of aliphatic hydroxyl groups is 1. The number of nitrogens with zero attached hydrogens (tertiary/aromatic N) is 1. The average molecular weight is 241 g/mol. The lowest BCUT2D eigenvalue weighted by molar-refractivity contribution is 0.177. The van der Waals surface area contributed by atoms with Crippen LogP contribution in [-0.4, -0.2) is 10.1 Å². The van der Waals surface area contributed by atoms with E-state index >= 15 is 0 Å². The molecule has 0 radical (unpaired) electrons. The SMILES string of the molecule is Cc1cncc(C(O)Cc2c(C)cccc2C)c1. The zero-order valence-corrected chi connectivity index (χ0v) is 11.1. The summed E-state index contributed by atoms with van der Waals surface area (Å²) in [5.41, 5.74) is 5.65. The van der Waals surface area contributed by atoms with Gasteiger partial charge in [0.2, 0.25) is 0 Å². The maximum Gasteiger partial charge on any atom is 0.0845 e. The number of hydrogen-bond donors (Lipinski definition) is 1. The average Bonchev–Trinajstić information content (AvgIpc) is 2.34. The number of rotatable bonds is 3. The molecule has 1 unspecified atom stereocenters. The maximum atomic E-state index is 10.3. The lowest BCUT2D eigenvalue weighted by Crippen LogP contribution is -2.05. The molecule has 2 heteroatoms. The van der Waals surface area contributed by atoms with Crippen molar-refractivity contribution in [3.8, 4) is 0 Å². The third kappa shape index (κ3) is 2.77. The number of aryl methyl sites for hydroxylation is 3. The predicted octanol–water partition coefficient (Wildman–Crippen LogP) is 3.28. The smallest absolute Gasteiger partial charge is 0.0845 e. The molecule has 1 N–H and O–H groups in total. The third-order valence-electron chi connectivity index (χ3n) is 3.32. The number of aromatic nitrogens is 1. The minimum absolute atomic E-state index is 0.489. The van der Waals surface area contributed by atoms with Crippen molar-refractivity contribution >= 4 is 0 Å². The van der Waals surface area contributed by atoms with Gasteiger partial charge in [-0.1, -0.05) is 24.3 Å². The first-order valence-electron chi connectivity index (χ1n) is 6.22. The Morgan fingerprint density at radius 1 is 1.11 bits per heavy atom. The van der Waals surface area contributed by atoms with Gasteiger partial charge in [0.05, 0.1) is 6.10 Å². The largest absolute Gasteiger partial charge is 0.388 e. The molecular formula is C16H19NO. The molecule has 18 heavy (non-hydrogen) atoms. The van der Waals surface area contributed by atoms with Crippen molar-refractivity contribution in [1.29, 1.82) is 0 Å². The van der Waals surface area contributed by atoms with Crippen LogP contribution in [0.4, 0.5) is 0 Å². The summed E-state index contributed by atoms with van der Waals surface area (Å²) < 4.78 is 0. The highest BCUT2D eigenvalue weighted by atomic mass is 16.3.